The van der Waals surface area contributed by atoms with Crippen LogP contribution in [0.15, 0.2) is 54.9 Å². The molecule has 0 fully saturated rings. The van der Waals surface area contributed by atoms with Gasteiger partial charge in [0, 0.05) is 19.4 Å². The maximum atomic E-state index is 12.5. The van der Waals surface area contributed by atoms with Crippen molar-refractivity contribution in [2.75, 3.05) is 5.32 Å². The number of halogens is 1. The number of carbonyl (C=O) groups excluding carboxylic acids is 2. The highest BCUT2D eigenvalue weighted by Crippen LogP contribution is 2.31. The quantitative estimate of drug-likeness (QED) is 0.478. The van der Waals surface area contributed by atoms with Crippen LogP contribution in [0.2, 0.25) is 5.02 Å². The van der Waals surface area contributed by atoms with E-state index in [0.717, 1.165) is 5.39 Å². The summed E-state index contributed by atoms with van der Waals surface area (Å²) in [6.45, 7) is 0. The fourth-order valence-electron chi connectivity index (χ4n) is 3.05. The highest BCUT2D eigenvalue weighted by molar-refractivity contribution is 6.32. The molecule has 9 nitrogen and oxygen atoms in total. The van der Waals surface area contributed by atoms with Crippen LogP contribution in [0.25, 0.3) is 11.0 Å². The lowest BCUT2D eigenvalue weighted by molar-refractivity contribution is -0.115. The summed E-state index contributed by atoms with van der Waals surface area (Å²) in [6, 6.07) is 11.6. The lowest BCUT2D eigenvalue weighted by Crippen LogP contribution is -2.15. The van der Waals surface area contributed by atoms with Crippen LogP contribution in [0, 0.1) is 0 Å². The summed E-state index contributed by atoms with van der Waals surface area (Å²) in [6.07, 6.45) is 3.22. The van der Waals surface area contributed by atoms with Gasteiger partial charge in [-0.25, -0.2) is 14.6 Å². The Hall–Kier alpha value is -3.98. The Balaban J connectivity index is 1.48. The van der Waals surface area contributed by atoms with E-state index in [1.165, 1.54) is 12.3 Å². The number of primary amides is 1. The Morgan fingerprint density at radius 2 is 1.94 bits per heavy atom. The van der Waals surface area contributed by atoms with Crippen LogP contribution in [0.5, 0.6) is 11.6 Å². The second-order valence-corrected chi connectivity index (χ2v) is 7.07. The van der Waals surface area contributed by atoms with Crippen LogP contribution >= 0.6 is 11.6 Å². The molecule has 1 aromatic carbocycles. The number of amides is 2. The molecule has 0 atom stereocenters. The van der Waals surface area contributed by atoms with Gasteiger partial charge in [-0.2, -0.15) is 5.10 Å². The second-order valence-electron chi connectivity index (χ2n) is 6.66. The van der Waals surface area contributed by atoms with Crippen molar-refractivity contribution in [3.63, 3.8) is 0 Å². The average Bonchev–Trinajstić information content (AvgIpc) is 3.06. The number of benzene rings is 1. The summed E-state index contributed by atoms with van der Waals surface area (Å²) < 4.78 is 7.25. The largest absolute Gasteiger partial charge is 0.437 e. The molecule has 0 saturated heterocycles. The van der Waals surface area contributed by atoms with E-state index in [4.69, 9.17) is 22.1 Å². The molecule has 0 unspecified atom stereocenters. The Kier molecular flexibility index (Phi) is 5.50. The first-order chi connectivity index (χ1) is 14.9. The zero-order chi connectivity index (χ0) is 22.0. The summed E-state index contributed by atoms with van der Waals surface area (Å²) in [5, 5.41) is 8.12. The predicted molar refractivity (Wildman–Crippen MR) is 115 cm³/mol. The summed E-state index contributed by atoms with van der Waals surface area (Å²) in [5.41, 5.74) is 6.82. The number of hydrogen-bond donors (Lipinski definition) is 2. The molecule has 0 bridgehead atoms. The lowest BCUT2D eigenvalue weighted by atomic mass is 10.1. The van der Waals surface area contributed by atoms with Gasteiger partial charge in [0.25, 0.3) is 5.91 Å². The summed E-state index contributed by atoms with van der Waals surface area (Å²) in [4.78, 5) is 32.3. The first kappa shape index (κ1) is 20.3. The summed E-state index contributed by atoms with van der Waals surface area (Å²) >= 11 is 6.31. The Bertz CT molecular complexity index is 1300. The fraction of sp³-hybridized carbons (Fsp3) is 0.0952. The predicted octanol–water partition coefficient (Wildman–Crippen LogP) is 3.09. The fourth-order valence-corrected chi connectivity index (χ4v) is 3.29. The molecule has 156 valence electrons. The first-order valence-corrected chi connectivity index (χ1v) is 9.59. The third-order valence-corrected chi connectivity index (χ3v) is 4.76. The van der Waals surface area contributed by atoms with Crippen molar-refractivity contribution >= 4 is 40.3 Å². The topological polar surface area (TPSA) is 125 Å². The molecule has 0 aliphatic rings. The number of nitrogens with one attached hydrogen (secondary N) is 1. The van der Waals surface area contributed by atoms with Gasteiger partial charge < -0.3 is 15.8 Å². The minimum atomic E-state index is -0.662. The number of aromatic nitrogens is 4. The molecule has 2 amide bonds. The number of aryl methyl sites for hydroxylation is 1. The molecule has 10 heteroatoms. The van der Waals surface area contributed by atoms with E-state index in [2.05, 4.69) is 20.4 Å². The molecule has 4 rings (SSSR count). The average molecular weight is 437 g/mol. The van der Waals surface area contributed by atoms with Crippen molar-refractivity contribution in [3.05, 3.63) is 71.0 Å². The van der Waals surface area contributed by atoms with Gasteiger partial charge in [-0.15, -0.1) is 0 Å². The number of fused-ring (bicyclic) bond motifs is 1. The summed E-state index contributed by atoms with van der Waals surface area (Å²) in [7, 11) is 1.76. The molecule has 0 spiro atoms. The molecular formula is C21H17ClN6O3. The molecule has 0 aliphatic carbocycles. The zero-order valence-electron chi connectivity index (χ0n) is 16.4. The number of carbonyl (C=O) groups is 2. The highest BCUT2D eigenvalue weighted by Gasteiger charge is 2.15. The molecule has 4 aromatic rings. The van der Waals surface area contributed by atoms with Crippen molar-refractivity contribution < 1.29 is 14.3 Å². The molecule has 0 radical (unpaired) electrons. The first-order valence-electron chi connectivity index (χ1n) is 9.21. The molecule has 31 heavy (non-hydrogen) atoms. The Labute approximate surface area is 181 Å². The van der Waals surface area contributed by atoms with Crippen molar-refractivity contribution in [1.29, 1.82) is 0 Å². The molecule has 3 aromatic heterocycles. The van der Waals surface area contributed by atoms with Gasteiger partial charge in [0.15, 0.2) is 11.5 Å². The van der Waals surface area contributed by atoms with Crippen LogP contribution in [0.4, 0.5) is 5.82 Å². The molecule has 0 saturated carbocycles. The van der Waals surface area contributed by atoms with E-state index in [1.807, 2.05) is 6.07 Å². The summed E-state index contributed by atoms with van der Waals surface area (Å²) in [5.74, 6) is -0.137. The third kappa shape index (κ3) is 4.31. The van der Waals surface area contributed by atoms with Crippen molar-refractivity contribution in [1.82, 2.24) is 19.7 Å². The van der Waals surface area contributed by atoms with E-state index >= 15 is 0 Å². The van der Waals surface area contributed by atoms with Crippen LogP contribution < -0.4 is 15.8 Å². The smallest absolute Gasteiger partial charge is 0.254 e. The van der Waals surface area contributed by atoms with Crippen LogP contribution in [0.3, 0.4) is 0 Å². The van der Waals surface area contributed by atoms with Gasteiger partial charge in [0.2, 0.25) is 11.8 Å². The Morgan fingerprint density at radius 3 is 2.71 bits per heavy atom. The van der Waals surface area contributed by atoms with E-state index < -0.39 is 5.91 Å². The monoisotopic (exact) mass is 436 g/mol. The third-order valence-electron chi connectivity index (χ3n) is 4.46. The van der Waals surface area contributed by atoms with Gasteiger partial charge in [-0.05, 0) is 42.0 Å². The zero-order valence-corrected chi connectivity index (χ0v) is 17.1. The number of pyridine rings is 2. The van der Waals surface area contributed by atoms with E-state index in [9.17, 15) is 9.59 Å². The van der Waals surface area contributed by atoms with Gasteiger partial charge in [0.05, 0.1) is 16.8 Å². The molecule has 3 N–H and O–H groups in total. The lowest BCUT2D eigenvalue weighted by Gasteiger charge is -2.10. The maximum Gasteiger partial charge on any atom is 0.254 e. The van der Waals surface area contributed by atoms with E-state index in [0.29, 0.717) is 17.0 Å². The van der Waals surface area contributed by atoms with Crippen LogP contribution in [0.1, 0.15) is 15.9 Å². The Morgan fingerprint density at radius 1 is 1.16 bits per heavy atom. The van der Waals surface area contributed by atoms with Crippen molar-refractivity contribution in [3.8, 4) is 11.6 Å². The van der Waals surface area contributed by atoms with Crippen LogP contribution in [-0.2, 0) is 18.3 Å². The van der Waals surface area contributed by atoms with E-state index in [-0.39, 0.29) is 34.5 Å². The minimum absolute atomic E-state index is 0.0537. The van der Waals surface area contributed by atoms with E-state index in [1.54, 1.807) is 48.3 Å². The molecule has 3 heterocycles. The van der Waals surface area contributed by atoms with Gasteiger partial charge in [-0.3, -0.25) is 9.59 Å². The van der Waals surface area contributed by atoms with Gasteiger partial charge in [-0.1, -0.05) is 17.7 Å². The number of ether oxygens (including phenoxy) is 1. The molecular weight excluding hydrogens is 420 g/mol. The second kappa shape index (κ2) is 8.41. The van der Waals surface area contributed by atoms with Crippen molar-refractivity contribution in [2.24, 2.45) is 12.8 Å². The standard InChI is InChI=1S/C21H17ClN6O3/c1-28-20-14(5-3-8-24-20)19(27-28)26-17(29)11-12-6-7-16(15(22)10-12)31-21-13(18(23)30)4-2-9-25-21/h2-10H,11H2,1H3,(H2,23,30)(H,26,27,29). The van der Waals surface area contributed by atoms with Gasteiger partial charge >= 0.3 is 0 Å². The van der Waals surface area contributed by atoms with Gasteiger partial charge in [0.1, 0.15) is 11.3 Å². The minimum Gasteiger partial charge on any atom is -0.437 e. The number of nitrogens with two attached hydrogens (primary N) is 1. The number of hydrogen-bond acceptors (Lipinski definition) is 6. The SMILES string of the molecule is Cn1nc(NC(=O)Cc2ccc(Oc3ncccc3C(N)=O)c(Cl)c2)c2cccnc21. The number of rotatable bonds is 6. The normalized spacial score (nSPS) is 10.8. The number of anilines is 1. The van der Waals surface area contributed by atoms with Crippen LogP contribution in [-0.4, -0.2) is 31.6 Å². The molecule has 0 aliphatic heterocycles. The van der Waals surface area contributed by atoms with Crippen molar-refractivity contribution in [2.45, 2.75) is 6.42 Å². The number of nitrogens with zero attached hydrogens (tertiary/aromatic N) is 4. The highest BCUT2D eigenvalue weighted by atomic mass is 35.5. The maximum absolute atomic E-state index is 12.5.